The summed E-state index contributed by atoms with van der Waals surface area (Å²) in [6.45, 7) is 1.16. The highest BCUT2D eigenvalue weighted by Crippen LogP contribution is 2.16. The lowest BCUT2D eigenvalue weighted by Crippen LogP contribution is -2.13. The van der Waals surface area contributed by atoms with Crippen molar-refractivity contribution in [3.63, 3.8) is 0 Å². The summed E-state index contributed by atoms with van der Waals surface area (Å²) in [5.41, 5.74) is 0.641. The number of hydrogen-bond donors (Lipinski definition) is 1. The first-order valence-electron chi connectivity index (χ1n) is 6.34. The fraction of sp³-hybridized carbons (Fsp3) is 0.125. The van der Waals surface area contributed by atoms with Crippen molar-refractivity contribution in [1.82, 2.24) is 0 Å². The molecule has 2 rings (SSSR count). The number of carbonyl (C=O) groups excluding carboxylic acids is 2. The number of halogens is 1. The van der Waals surface area contributed by atoms with Crippen LogP contribution < -0.4 is 10.1 Å². The molecule has 21 heavy (non-hydrogen) atoms. The number of ketones is 1. The van der Waals surface area contributed by atoms with Crippen molar-refractivity contribution in [2.75, 3.05) is 11.9 Å². The molecule has 0 saturated carbocycles. The molecule has 0 fully saturated rings. The van der Waals surface area contributed by atoms with E-state index in [1.165, 1.54) is 25.1 Å². The first-order valence-corrected chi connectivity index (χ1v) is 6.34. The summed E-state index contributed by atoms with van der Waals surface area (Å²) in [5, 5.41) is 2.62. The monoisotopic (exact) mass is 287 g/mol. The van der Waals surface area contributed by atoms with Gasteiger partial charge in [0.05, 0.1) is 5.56 Å². The van der Waals surface area contributed by atoms with Gasteiger partial charge < -0.3 is 10.1 Å². The van der Waals surface area contributed by atoms with Crippen LogP contribution in [0.1, 0.15) is 17.3 Å². The average molecular weight is 287 g/mol. The molecule has 0 aromatic heterocycles. The van der Waals surface area contributed by atoms with Crippen LogP contribution in [-0.4, -0.2) is 18.3 Å². The van der Waals surface area contributed by atoms with E-state index >= 15 is 0 Å². The molecule has 108 valence electrons. The van der Waals surface area contributed by atoms with Crippen molar-refractivity contribution in [3.8, 4) is 5.75 Å². The Balaban J connectivity index is 1.95. The van der Waals surface area contributed by atoms with Crippen LogP contribution in [0.5, 0.6) is 5.75 Å². The van der Waals surface area contributed by atoms with Crippen molar-refractivity contribution in [2.45, 2.75) is 6.92 Å². The standard InChI is InChI=1S/C16H14FNO3/c1-11(19)18-12-6-8-13(9-7-12)21-10-16(20)14-4-2-3-5-15(14)17/h2-9H,10H2,1H3,(H,18,19). The molecule has 1 N–H and O–H groups in total. The molecule has 0 spiro atoms. The van der Waals surface area contributed by atoms with E-state index in [1.807, 2.05) is 0 Å². The minimum atomic E-state index is -0.563. The first kappa shape index (κ1) is 14.7. The van der Waals surface area contributed by atoms with Crippen molar-refractivity contribution in [2.24, 2.45) is 0 Å². The average Bonchev–Trinajstić information content (AvgIpc) is 2.46. The Morgan fingerprint density at radius 2 is 1.76 bits per heavy atom. The molecule has 1 amide bonds. The maximum Gasteiger partial charge on any atom is 0.221 e. The number of carbonyl (C=O) groups is 2. The van der Waals surface area contributed by atoms with Gasteiger partial charge in [-0.25, -0.2) is 4.39 Å². The minimum Gasteiger partial charge on any atom is -0.485 e. The summed E-state index contributed by atoms with van der Waals surface area (Å²) >= 11 is 0. The van der Waals surface area contributed by atoms with Gasteiger partial charge in [0, 0.05) is 12.6 Å². The number of Topliss-reactive ketones (excluding diaryl/α,β-unsaturated/α-hetero) is 1. The molecule has 0 aliphatic heterocycles. The van der Waals surface area contributed by atoms with Crippen LogP contribution in [0, 0.1) is 5.82 Å². The normalized spacial score (nSPS) is 10.0. The van der Waals surface area contributed by atoms with E-state index in [2.05, 4.69) is 5.32 Å². The number of nitrogens with one attached hydrogen (secondary N) is 1. The maximum absolute atomic E-state index is 13.4. The second-order valence-corrected chi connectivity index (χ2v) is 4.40. The van der Waals surface area contributed by atoms with E-state index in [0.29, 0.717) is 11.4 Å². The summed E-state index contributed by atoms with van der Waals surface area (Å²) in [5.74, 6) is -0.696. The highest BCUT2D eigenvalue weighted by molar-refractivity contribution is 5.97. The largest absolute Gasteiger partial charge is 0.485 e. The Labute approximate surface area is 121 Å². The number of amides is 1. The predicted octanol–water partition coefficient (Wildman–Crippen LogP) is 3.05. The van der Waals surface area contributed by atoms with E-state index < -0.39 is 11.6 Å². The van der Waals surface area contributed by atoms with Gasteiger partial charge in [0.1, 0.15) is 11.6 Å². The zero-order valence-corrected chi connectivity index (χ0v) is 11.4. The number of anilines is 1. The first-order chi connectivity index (χ1) is 10.1. The Morgan fingerprint density at radius 3 is 2.38 bits per heavy atom. The SMILES string of the molecule is CC(=O)Nc1ccc(OCC(=O)c2ccccc2F)cc1. The fourth-order valence-electron chi connectivity index (χ4n) is 1.75. The highest BCUT2D eigenvalue weighted by Gasteiger charge is 2.11. The molecular weight excluding hydrogens is 273 g/mol. The van der Waals surface area contributed by atoms with Gasteiger partial charge in [0.15, 0.2) is 6.61 Å². The second kappa shape index (κ2) is 6.65. The molecule has 0 radical (unpaired) electrons. The van der Waals surface area contributed by atoms with Gasteiger partial charge in [-0.3, -0.25) is 9.59 Å². The lowest BCUT2D eigenvalue weighted by molar-refractivity contribution is -0.114. The Kier molecular flexibility index (Phi) is 4.66. The van der Waals surface area contributed by atoms with Crippen molar-refractivity contribution < 1.29 is 18.7 Å². The molecule has 0 aliphatic carbocycles. The summed E-state index contributed by atoms with van der Waals surface area (Å²) in [4.78, 5) is 22.7. The quantitative estimate of drug-likeness (QED) is 0.860. The topological polar surface area (TPSA) is 55.4 Å². The Morgan fingerprint density at radius 1 is 1.10 bits per heavy atom. The summed E-state index contributed by atoms with van der Waals surface area (Å²) < 4.78 is 18.7. The summed E-state index contributed by atoms with van der Waals surface area (Å²) in [6, 6.07) is 12.3. The third-order valence-electron chi connectivity index (χ3n) is 2.72. The summed E-state index contributed by atoms with van der Waals surface area (Å²) in [7, 11) is 0. The molecule has 2 aromatic carbocycles. The molecule has 0 unspecified atom stereocenters. The zero-order chi connectivity index (χ0) is 15.2. The molecule has 0 bridgehead atoms. The third kappa shape index (κ3) is 4.14. The van der Waals surface area contributed by atoms with Crippen LogP contribution in [0.15, 0.2) is 48.5 Å². The van der Waals surface area contributed by atoms with Crippen LogP contribution in [-0.2, 0) is 4.79 Å². The zero-order valence-electron chi connectivity index (χ0n) is 11.4. The van der Waals surface area contributed by atoms with Crippen molar-refractivity contribution >= 4 is 17.4 Å². The smallest absolute Gasteiger partial charge is 0.221 e. The van der Waals surface area contributed by atoms with Gasteiger partial charge in [-0.05, 0) is 36.4 Å². The molecule has 0 saturated heterocycles. The van der Waals surface area contributed by atoms with Crippen LogP contribution in [0.3, 0.4) is 0 Å². The van der Waals surface area contributed by atoms with Crippen LogP contribution in [0.2, 0.25) is 0 Å². The van der Waals surface area contributed by atoms with Crippen molar-refractivity contribution in [3.05, 3.63) is 59.9 Å². The highest BCUT2D eigenvalue weighted by atomic mass is 19.1. The fourth-order valence-corrected chi connectivity index (χ4v) is 1.75. The van der Waals surface area contributed by atoms with Crippen molar-refractivity contribution in [1.29, 1.82) is 0 Å². The molecule has 0 atom stereocenters. The third-order valence-corrected chi connectivity index (χ3v) is 2.72. The van der Waals surface area contributed by atoms with E-state index in [4.69, 9.17) is 4.74 Å². The lowest BCUT2D eigenvalue weighted by Gasteiger charge is -2.07. The van der Waals surface area contributed by atoms with Gasteiger partial charge in [0.2, 0.25) is 11.7 Å². The Bertz CT molecular complexity index is 653. The second-order valence-electron chi connectivity index (χ2n) is 4.40. The van der Waals surface area contributed by atoms with Crippen LogP contribution in [0.4, 0.5) is 10.1 Å². The van der Waals surface area contributed by atoms with E-state index in [1.54, 1.807) is 30.3 Å². The molecule has 5 heteroatoms. The van der Waals surface area contributed by atoms with E-state index in [9.17, 15) is 14.0 Å². The maximum atomic E-state index is 13.4. The minimum absolute atomic E-state index is 0.00682. The predicted molar refractivity (Wildman–Crippen MR) is 77.0 cm³/mol. The lowest BCUT2D eigenvalue weighted by atomic mass is 10.1. The van der Waals surface area contributed by atoms with E-state index in [0.717, 1.165) is 0 Å². The van der Waals surface area contributed by atoms with Gasteiger partial charge in [-0.15, -0.1) is 0 Å². The van der Waals surface area contributed by atoms with Gasteiger partial charge >= 0.3 is 0 Å². The molecule has 0 heterocycles. The van der Waals surface area contributed by atoms with Gasteiger partial charge in [-0.2, -0.15) is 0 Å². The number of rotatable bonds is 5. The van der Waals surface area contributed by atoms with Gasteiger partial charge in [-0.1, -0.05) is 12.1 Å². The molecule has 4 nitrogen and oxygen atoms in total. The number of ether oxygens (including phenoxy) is 1. The molecular formula is C16H14FNO3. The van der Waals surface area contributed by atoms with E-state index in [-0.39, 0.29) is 18.1 Å². The molecule has 2 aromatic rings. The van der Waals surface area contributed by atoms with Gasteiger partial charge in [0.25, 0.3) is 0 Å². The Hall–Kier alpha value is -2.69. The molecule has 0 aliphatic rings. The number of benzene rings is 2. The van der Waals surface area contributed by atoms with Crippen LogP contribution in [0.25, 0.3) is 0 Å². The number of hydrogen-bond acceptors (Lipinski definition) is 3. The summed E-state index contributed by atoms with van der Waals surface area (Å²) in [6.07, 6.45) is 0. The van der Waals surface area contributed by atoms with Crippen LogP contribution >= 0.6 is 0 Å².